The Morgan fingerprint density at radius 1 is 1.00 bits per heavy atom. The van der Waals surface area contributed by atoms with Crippen LogP contribution >= 0.6 is 12.2 Å². The molecule has 0 spiro atoms. The molecular formula is C18H15N3OS. The van der Waals surface area contributed by atoms with E-state index in [2.05, 4.69) is 5.10 Å². The molecule has 0 saturated carbocycles. The van der Waals surface area contributed by atoms with Gasteiger partial charge in [-0.1, -0.05) is 48.5 Å². The van der Waals surface area contributed by atoms with Crippen molar-refractivity contribution in [1.29, 1.82) is 0 Å². The predicted octanol–water partition coefficient (Wildman–Crippen LogP) is 3.63. The van der Waals surface area contributed by atoms with Crippen molar-refractivity contribution in [3.63, 3.8) is 0 Å². The zero-order chi connectivity index (χ0) is 16.2. The highest BCUT2D eigenvalue weighted by Crippen LogP contribution is 2.25. The molecule has 23 heavy (non-hydrogen) atoms. The number of phenols is 1. The summed E-state index contributed by atoms with van der Waals surface area (Å²) >= 11 is 5.07. The molecular weight excluding hydrogens is 306 g/mol. The summed E-state index contributed by atoms with van der Waals surface area (Å²) in [7, 11) is 0. The first kappa shape index (κ1) is 15.0. The van der Waals surface area contributed by atoms with Gasteiger partial charge < -0.3 is 10.8 Å². The first-order valence-electron chi connectivity index (χ1n) is 7.06. The van der Waals surface area contributed by atoms with Crippen LogP contribution < -0.4 is 10.7 Å². The molecule has 3 rings (SSSR count). The molecule has 0 unspecified atom stereocenters. The van der Waals surface area contributed by atoms with Gasteiger partial charge in [0, 0.05) is 5.56 Å². The molecule has 5 heteroatoms. The highest BCUT2D eigenvalue weighted by molar-refractivity contribution is 7.80. The third kappa shape index (κ3) is 3.14. The maximum Gasteiger partial charge on any atom is 0.191 e. The van der Waals surface area contributed by atoms with Crippen LogP contribution in [0.3, 0.4) is 0 Å². The quantitative estimate of drug-likeness (QED) is 0.439. The minimum Gasteiger partial charge on any atom is -0.507 e. The van der Waals surface area contributed by atoms with Gasteiger partial charge in [-0.3, -0.25) is 0 Å². The van der Waals surface area contributed by atoms with E-state index in [1.165, 1.54) is 5.01 Å². The van der Waals surface area contributed by atoms with E-state index in [0.717, 1.165) is 16.5 Å². The number of fused-ring (bicyclic) bond motifs is 1. The minimum absolute atomic E-state index is 0.132. The molecule has 0 saturated heterocycles. The monoisotopic (exact) mass is 321 g/mol. The molecule has 3 aromatic carbocycles. The van der Waals surface area contributed by atoms with Gasteiger partial charge in [-0.25, -0.2) is 5.01 Å². The van der Waals surface area contributed by atoms with Gasteiger partial charge in [0.25, 0.3) is 0 Å². The Kier molecular flexibility index (Phi) is 4.21. The molecule has 0 bridgehead atoms. The maximum absolute atomic E-state index is 10.2. The fourth-order valence-electron chi connectivity index (χ4n) is 2.36. The van der Waals surface area contributed by atoms with Crippen LogP contribution in [0, 0.1) is 0 Å². The van der Waals surface area contributed by atoms with E-state index in [4.69, 9.17) is 18.0 Å². The molecule has 0 atom stereocenters. The summed E-state index contributed by atoms with van der Waals surface area (Å²) in [5.41, 5.74) is 7.15. The first-order chi connectivity index (χ1) is 11.2. The Labute approximate surface area is 139 Å². The number of anilines is 1. The van der Waals surface area contributed by atoms with Crippen LogP contribution in [-0.4, -0.2) is 16.4 Å². The fourth-order valence-corrected chi connectivity index (χ4v) is 2.51. The summed E-state index contributed by atoms with van der Waals surface area (Å²) in [6.07, 6.45) is 1.57. The zero-order valence-electron chi connectivity index (χ0n) is 12.3. The summed E-state index contributed by atoms with van der Waals surface area (Å²) in [6, 6.07) is 20.7. The third-order valence-electron chi connectivity index (χ3n) is 3.46. The number of para-hydroxylation sites is 1. The van der Waals surface area contributed by atoms with Crippen LogP contribution in [0.5, 0.6) is 5.75 Å². The minimum atomic E-state index is 0.132. The zero-order valence-corrected chi connectivity index (χ0v) is 13.1. The van der Waals surface area contributed by atoms with E-state index in [1.54, 1.807) is 12.3 Å². The van der Waals surface area contributed by atoms with Gasteiger partial charge >= 0.3 is 0 Å². The van der Waals surface area contributed by atoms with Gasteiger partial charge in [-0.05, 0) is 41.2 Å². The van der Waals surface area contributed by atoms with Crippen molar-refractivity contribution in [3.05, 3.63) is 72.3 Å². The van der Waals surface area contributed by atoms with Crippen LogP contribution in [0.25, 0.3) is 10.8 Å². The topological polar surface area (TPSA) is 61.8 Å². The predicted molar refractivity (Wildman–Crippen MR) is 98.9 cm³/mol. The van der Waals surface area contributed by atoms with E-state index in [0.29, 0.717) is 5.56 Å². The van der Waals surface area contributed by atoms with Gasteiger partial charge in [0.15, 0.2) is 5.11 Å². The largest absolute Gasteiger partial charge is 0.507 e. The summed E-state index contributed by atoms with van der Waals surface area (Å²) in [5.74, 6) is 0.156. The van der Waals surface area contributed by atoms with Gasteiger partial charge in [-0.15, -0.1) is 0 Å². The van der Waals surface area contributed by atoms with Crippen molar-refractivity contribution in [1.82, 2.24) is 0 Å². The number of hydrogen-bond donors (Lipinski definition) is 2. The second-order valence-electron chi connectivity index (χ2n) is 4.95. The summed E-state index contributed by atoms with van der Waals surface area (Å²) in [4.78, 5) is 0. The van der Waals surface area contributed by atoms with Crippen molar-refractivity contribution >= 4 is 40.0 Å². The van der Waals surface area contributed by atoms with E-state index in [9.17, 15) is 5.11 Å². The van der Waals surface area contributed by atoms with Gasteiger partial charge in [0.1, 0.15) is 5.75 Å². The van der Waals surface area contributed by atoms with Crippen molar-refractivity contribution < 1.29 is 5.11 Å². The summed E-state index contributed by atoms with van der Waals surface area (Å²) in [6.45, 7) is 0. The number of nitrogens with zero attached hydrogens (tertiary/aromatic N) is 2. The number of hydrogen-bond acceptors (Lipinski definition) is 3. The Morgan fingerprint density at radius 3 is 2.43 bits per heavy atom. The number of nitrogens with two attached hydrogens (primary N) is 1. The molecule has 0 aliphatic rings. The molecule has 114 valence electrons. The number of benzene rings is 3. The lowest BCUT2D eigenvalue weighted by Crippen LogP contribution is -2.30. The maximum atomic E-state index is 10.2. The number of rotatable bonds is 3. The molecule has 0 heterocycles. The van der Waals surface area contributed by atoms with Crippen LogP contribution in [-0.2, 0) is 0 Å². The Morgan fingerprint density at radius 2 is 1.70 bits per heavy atom. The molecule has 0 amide bonds. The second-order valence-corrected chi connectivity index (χ2v) is 5.37. The smallest absolute Gasteiger partial charge is 0.191 e. The molecule has 0 radical (unpaired) electrons. The van der Waals surface area contributed by atoms with E-state index in [-0.39, 0.29) is 10.9 Å². The molecule has 0 fully saturated rings. The van der Waals surface area contributed by atoms with Gasteiger partial charge in [-0.2, -0.15) is 5.10 Å². The van der Waals surface area contributed by atoms with Crippen molar-refractivity contribution in [2.75, 3.05) is 5.01 Å². The Bertz CT molecular complexity index is 878. The third-order valence-corrected chi connectivity index (χ3v) is 3.63. The van der Waals surface area contributed by atoms with Crippen molar-refractivity contribution in [2.24, 2.45) is 10.8 Å². The van der Waals surface area contributed by atoms with E-state index in [1.807, 2.05) is 60.7 Å². The molecule has 4 nitrogen and oxygen atoms in total. The van der Waals surface area contributed by atoms with Crippen LogP contribution in [0.4, 0.5) is 5.69 Å². The van der Waals surface area contributed by atoms with E-state index < -0.39 is 0 Å². The highest BCUT2D eigenvalue weighted by atomic mass is 32.1. The standard InChI is InChI=1S/C18H15N3OS/c19-18(23)21(14-7-2-1-3-8-14)20-12-16-15-9-5-4-6-13(15)10-11-17(16)22/h1-12,22H,(H2,19,23). The fraction of sp³-hybridized carbons (Fsp3) is 0. The molecule has 3 aromatic rings. The average molecular weight is 321 g/mol. The number of hydrazone groups is 1. The average Bonchev–Trinajstić information content (AvgIpc) is 2.57. The number of thiocarbonyl (C=S) groups is 1. The van der Waals surface area contributed by atoms with Crippen LogP contribution in [0.1, 0.15) is 5.56 Å². The summed E-state index contributed by atoms with van der Waals surface area (Å²) < 4.78 is 0. The molecule has 0 aromatic heterocycles. The van der Waals surface area contributed by atoms with E-state index >= 15 is 0 Å². The van der Waals surface area contributed by atoms with Crippen molar-refractivity contribution in [2.45, 2.75) is 0 Å². The van der Waals surface area contributed by atoms with Crippen molar-refractivity contribution in [3.8, 4) is 5.75 Å². The number of aromatic hydroxyl groups is 1. The highest BCUT2D eigenvalue weighted by Gasteiger charge is 2.09. The second kappa shape index (κ2) is 6.46. The Balaban J connectivity index is 2.05. The van der Waals surface area contributed by atoms with Crippen LogP contribution in [0.15, 0.2) is 71.8 Å². The van der Waals surface area contributed by atoms with Gasteiger partial charge in [0.05, 0.1) is 11.9 Å². The lowest BCUT2D eigenvalue weighted by molar-refractivity contribution is 0.475. The molecule has 0 aliphatic heterocycles. The van der Waals surface area contributed by atoms with Crippen LogP contribution in [0.2, 0.25) is 0 Å². The first-order valence-corrected chi connectivity index (χ1v) is 7.47. The number of phenolic OH excluding ortho intramolecular Hbond substituents is 1. The lowest BCUT2D eigenvalue weighted by atomic mass is 10.0. The molecule has 0 aliphatic carbocycles. The normalized spacial score (nSPS) is 11.0. The lowest BCUT2D eigenvalue weighted by Gasteiger charge is -2.16. The van der Waals surface area contributed by atoms with Gasteiger partial charge in [0.2, 0.25) is 0 Å². The SMILES string of the molecule is NC(=S)N(N=Cc1c(O)ccc2ccccc12)c1ccccc1. The molecule has 3 N–H and O–H groups in total. The Hall–Kier alpha value is -2.92. The summed E-state index contributed by atoms with van der Waals surface area (Å²) in [5, 5.41) is 18.0.